The molecule has 0 saturated carbocycles. The lowest BCUT2D eigenvalue weighted by atomic mass is 10.1. The third kappa shape index (κ3) is 3.57. The van der Waals surface area contributed by atoms with Gasteiger partial charge in [0.05, 0.1) is 12.7 Å². The highest BCUT2D eigenvalue weighted by atomic mass is 32.1. The van der Waals surface area contributed by atoms with Gasteiger partial charge in [0, 0.05) is 11.8 Å². The van der Waals surface area contributed by atoms with Crippen molar-refractivity contribution in [1.82, 2.24) is 0 Å². The maximum Gasteiger partial charge on any atom is 0.346 e. The molecule has 20 heavy (non-hydrogen) atoms. The van der Waals surface area contributed by atoms with Gasteiger partial charge in [-0.3, -0.25) is 4.79 Å². The van der Waals surface area contributed by atoms with Crippen molar-refractivity contribution in [3.05, 3.63) is 16.0 Å². The molecular formula is C13H17NO5S. The van der Waals surface area contributed by atoms with Crippen LogP contribution in [0.15, 0.2) is 0 Å². The van der Waals surface area contributed by atoms with E-state index in [0.29, 0.717) is 5.00 Å². The Bertz CT molecular complexity index is 549. The largest absolute Gasteiger partial charge is 0.466 e. The Labute approximate surface area is 121 Å². The zero-order valence-electron chi connectivity index (χ0n) is 12.0. The smallest absolute Gasteiger partial charge is 0.346 e. The average molecular weight is 299 g/mol. The lowest BCUT2D eigenvalue weighted by Gasteiger charge is -2.12. The second kappa shape index (κ2) is 6.51. The van der Waals surface area contributed by atoms with Crippen LogP contribution in [0.25, 0.3) is 0 Å². The molecule has 0 spiro atoms. The van der Waals surface area contributed by atoms with Crippen LogP contribution >= 0.6 is 11.3 Å². The van der Waals surface area contributed by atoms with Crippen LogP contribution in [0.1, 0.15) is 34.6 Å². The summed E-state index contributed by atoms with van der Waals surface area (Å²) in [4.78, 5) is 35.5. The van der Waals surface area contributed by atoms with E-state index >= 15 is 0 Å². The number of aryl methyl sites for hydroxylation is 1. The van der Waals surface area contributed by atoms with Crippen molar-refractivity contribution in [3.63, 3.8) is 0 Å². The highest BCUT2D eigenvalue weighted by molar-refractivity contribution is 7.16. The summed E-state index contributed by atoms with van der Waals surface area (Å²) < 4.78 is 9.54. The average Bonchev–Trinajstić information content (AvgIpc) is 2.62. The predicted molar refractivity (Wildman–Crippen MR) is 75.0 cm³/mol. The van der Waals surface area contributed by atoms with Gasteiger partial charge < -0.3 is 14.8 Å². The summed E-state index contributed by atoms with van der Waals surface area (Å²) in [5.41, 5.74) is 0.999. The maximum atomic E-state index is 12.1. The van der Waals surface area contributed by atoms with Gasteiger partial charge in [-0.25, -0.2) is 9.59 Å². The number of methoxy groups -OCH3 is 1. The third-order valence-corrected chi connectivity index (χ3v) is 3.82. The van der Waals surface area contributed by atoms with Gasteiger partial charge in [0.25, 0.3) is 0 Å². The Morgan fingerprint density at radius 1 is 1.25 bits per heavy atom. The molecule has 0 radical (unpaired) electrons. The van der Waals surface area contributed by atoms with Crippen LogP contribution in [0.3, 0.4) is 0 Å². The summed E-state index contributed by atoms with van der Waals surface area (Å²) in [7, 11) is 1.22. The van der Waals surface area contributed by atoms with Crippen LogP contribution in [0, 0.1) is 13.8 Å². The standard InChI is InChI=1S/C13H17NO5S/c1-6-8(3)20-11(14-9(4)15)10(6)13(17)19-7(2)12(16)18-5/h7H,1-5H3,(H,14,15)/t7-/m0/s1. The molecular weight excluding hydrogens is 282 g/mol. The number of ether oxygens (including phenoxy) is 2. The predicted octanol–water partition coefficient (Wildman–Crippen LogP) is 2.04. The van der Waals surface area contributed by atoms with Crippen LogP contribution in [0.5, 0.6) is 0 Å². The maximum absolute atomic E-state index is 12.1. The van der Waals surface area contributed by atoms with Crippen LogP contribution < -0.4 is 5.32 Å². The lowest BCUT2D eigenvalue weighted by molar-refractivity contribution is -0.149. The summed E-state index contributed by atoms with van der Waals surface area (Å²) in [6, 6.07) is 0. The molecule has 0 unspecified atom stereocenters. The van der Waals surface area contributed by atoms with Crippen LogP contribution in [-0.4, -0.2) is 31.1 Å². The molecule has 1 heterocycles. The molecule has 6 nitrogen and oxygen atoms in total. The second-order valence-corrected chi connectivity index (χ2v) is 5.46. The molecule has 7 heteroatoms. The Morgan fingerprint density at radius 3 is 2.35 bits per heavy atom. The molecule has 1 aromatic rings. The molecule has 0 aromatic carbocycles. The van der Waals surface area contributed by atoms with Crippen molar-refractivity contribution in [1.29, 1.82) is 0 Å². The number of hydrogen-bond donors (Lipinski definition) is 1. The first-order chi connectivity index (χ1) is 9.27. The number of carbonyl (C=O) groups is 3. The first kappa shape index (κ1) is 16.2. The SMILES string of the molecule is COC(=O)[C@H](C)OC(=O)c1c(NC(C)=O)sc(C)c1C. The van der Waals surface area contributed by atoms with Gasteiger partial charge in [-0.1, -0.05) is 0 Å². The summed E-state index contributed by atoms with van der Waals surface area (Å²) >= 11 is 1.29. The third-order valence-electron chi connectivity index (χ3n) is 2.70. The number of nitrogens with one attached hydrogen (secondary N) is 1. The molecule has 0 bridgehead atoms. The summed E-state index contributed by atoms with van der Waals surface area (Å²) in [6.07, 6.45) is -1.00. The van der Waals surface area contributed by atoms with Gasteiger partial charge in [0.15, 0.2) is 6.10 Å². The zero-order valence-corrected chi connectivity index (χ0v) is 12.8. The molecule has 1 amide bonds. The fraction of sp³-hybridized carbons (Fsp3) is 0.462. The fourth-order valence-electron chi connectivity index (χ4n) is 1.55. The number of hydrogen-bond acceptors (Lipinski definition) is 6. The topological polar surface area (TPSA) is 81.7 Å². The molecule has 1 N–H and O–H groups in total. The second-order valence-electron chi connectivity index (χ2n) is 4.24. The van der Waals surface area contributed by atoms with Gasteiger partial charge in [0.1, 0.15) is 5.00 Å². The Kier molecular flexibility index (Phi) is 5.26. The Morgan fingerprint density at radius 2 is 1.85 bits per heavy atom. The molecule has 110 valence electrons. The van der Waals surface area contributed by atoms with Crippen molar-refractivity contribution >= 4 is 34.2 Å². The zero-order chi connectivity index (χ0) is 15.4. The highest BCUT2D eigenvalue weighted by Gasteiger charge is 2.25. The Balaban J connectivity index is 3.02. The number of amides is 1. The number of rotatable bonds is 4. The normalized spacial score (nSPS) is 11.7. The van der Waals surface area contributed by atoms with Crippen molar-refractivity contribution in [2.24, 2.45) is 0 Å². The van der Waals surface area contributed by atoms with E-state index in [2.05, 4.69) is 10.1 Å². The van der Waals surface area contributed by atoms with E-state index in [1.165, 1.54) is 32.3 Å². The van der Waals surface area contributed by atoms with E-state index < -0.39 is 18.0 Å². The molecule has 1 rings (SSSR count). The van der Waals surface area contributed by atoms with Crippen molar-refractivity contribution < 1.29 is 23.9 Å². The Hall–Kier alpha value is -1.89. The molecule has 0 aliphatic heterocycles. The van der Waals surface area contributed by atoms with E-state index in [9.17, 15) is 14.4 Å². The molecule has 0 aliphatic rings. The fourth-order valence-corrected chi connectivity index (χ4v) is 2.65. The molecule has 0 fully saturated rings. The summed E-state index contributed by atoms with van der Waals surface area (Å²) in [6.45, 7) is 6.38. The minimum Gasteiger partial charge on any atom is -0.466 e. The van der Waals surface area contributed by atoms with Crippen LogP contribution in [0.2, 0.25) is 0 Å². The van der Waals surface area contributed by atoms with E-state index in [-0.39, 0.29) is 11.5 Å². The minimum absolute atomic E-state index is 0.276. The molecule has 0 saturated heterocycles. The summed E-state index contributed by atoms with van der Waals surface area (Å²) in [5, 5.41) is 3.02. The number of esters is 2. The molecule has 1 atom stereocenters. The molecule has 0 aliphatic carbocycles. The number of anilines is 1. The van der Waals surface area contributed by atoms with Gasteiger partial charge in [0.2, 0.25) is 5.91 Å². The van der Waals surface area contributed by atoms with Crippen molar-refractivity contribution in [3.8, 4) is 0 Å². The molecule has 1 aromatic heterocycles. The van der Waals surface area contributed by atoms with E-state index in [4.69, 9.17) is 4.74 Å². The first-order valence-corrected chi connectivity index (χ1v) is 6.76. The van der Waals surface area contributed by atoms with Gasteiger partial charge in [-0.15, -0.1) is 11.3 Å². The first-order valence-electron chi connectivity index (χ1n) is 5.94. The van der Waals surface area contributed by atoms with Gasteiger partial charge >= 0.3 is 11.9 Å². The van der Waals surface area contributed by atoms with Gasteiger partial charge in [-0.05, 0) is 26.3 Å². The lowest BCUT2D eigenvalue weighted by Crippen LogP contribution is -2.26. The minimum atomic E-state index is -1.00. The van der Waals surface area contributed by atoms with E-state index in [0.717, 1.165) is 10.4 Å². The van der Waals surface area contributed by atoms with Crippen molar-refractivity contribution in [2.45, 2.75) is 33.8 Å². The monoisotopic (exact) mass is 299 g/mol. The summed E-state index contributed by atoms with van der Waals surface area (Å²) in [5.74, 6) is -1.57. The van der Waals surface area contributed by atoms with E-state index in [1.54, 1.807) is 6.92 Å². The highest BCUT2D eigenvalue weighted by Crippen LogP contribution is 2.33. The quantitative estimate of drug-likeness (QED) is 0.860. The van der Waals surface area contributed by atoms with Gasteiger partial charge in [-0.2, -0.15) is 0 Å². The van der Waals surface area contributed by atoms with Crippen molar-refractivity contribution in [2.75, 3.05) is 12.4 Å². The number of thiophene rings is 1. The van der Waals surface area contributed by atoms with Crippen LogP contribution in [0.4, 0.5) is 5.00 Å². The van der Waals surface area contributed by atoms with E-state index in [1.807, 2.05) is 6.92 Å². The number of carbonyl (C=O) groups excluding carboxylic acids is 3. The van der Waals surface area contributed by atoms with Crippen LogP contribution in [-0.2, 0) is 19.1 Å².